The van der Waals surface area contributed by atoms with Crippen LogP contribution >= 0.6 is 11.3 Å². The Hall–Kier alpha value is -4.06. The number of hydrogen-bond acceptors (Lipinski definition) is 10. The molecule has 43 heavy (non-hydrogen) atoms. The lowest BCUT2D eigenvalue weighted by atomic mass is 9.94. The van der Waals surface area contributed by atoms with Gasteiger partial charge in [-0.25, -0.2) is 22.9 Å². The quantitative estimate of drug-likeness (QED) is 0.296. The predicted molar refractivity (Wildman–Crippen MR) is 153 cm³/mol. The van der Waals surface area contributed by atoms with Crippen molar-refractivity contribution in [1.82, 2.24) is 19.9 Å². The first-order chi connectivity index (χ1) is 20.4. The van der Waals surface area contributed by atoms with Crippen molar-refractivity contribution >= 4 is 43.4 Å². The number of likely N-dealkylation sites (tertiary alicyclic amines) is 1. The number of rotatable bonds is 5. The van der Waals surface area contributed by atoms with E-state index in [4.69, 9.17) is 14.2 Å². The van der Waals surface area contributed by atoms with E-state index in [0.29, 0.717) is 29.5 Å². The number of carbonyl (C=O) groups excluding carboxylic acids is 1. The molecule has 1 fully saturated rings. The molecular weight excluding hydrogens is 585 g/mol. The molecule has 0 radical (unpaired) electrons. The van der Waals surface area contributed by atoms with Crippen LogP contribution in [0.1, 0.15) is 43.9 Å². The van der Waals surface area contributed by atoms with Gasteiger partial charge in [0.2, 0.25) is 0 Å². The van der Waals surface area contributed by atoms with Gasteiger partial charge in [0.25, 0.3) is 0 Å². The summed E-state index contributed by atoms with van der Waals surface area (Å²) in [6.45, 7) is 5.67. The van der Waals surface area contributed by atoms with E-state index in [0.717, 1.165) is 17.5 Å². The molecule has 10 nitrogen and oxygen atoms in total. The highest BCUT2D eigenvalue weighted by molar-refractivity contribution is 7.23. The molecule has 4 aromatic rings. The number of nitrogens with zero attached hydrogens (tertiary/aromatic N) is 5. The van der Waals surface area contributed by atoms with Crippen molar-refractivity contribution < 1.29 is 32.2 Å². The van der Waals surface area contributed by atoms with Crippen LogP contribution in [-0.4, -0.2) is 64.0 Å². The zero-order valence-electron chi connectivity index (χ0n) is 23.8. The summed E-state index contributed by atoms with van der Waals surface area (Å²) in [4.78, 5) is 27.2. The molecule has 1 amide bonds. The molecule has 0 saturated carbocycles. The Labute approximate surface area is 248 Å². The van der Waals surface area contributed by atoms with Gasteiger partial charge in [-0.1, -0.05) is 0 Å². The molecule has 5 heterocycles. The minimum atomic E-state index is -0.950. The number of likely N-dealkylation sites (N-methyl/N-ethyl adjacent to an activating group) is 1. The van der Waals surface area contributed by atoms with Gasteiger partial charge in [-0.05, 0) is 45.4 Å². The molecule has 2 atom stereocenters. The van der Waals surface area contributed by atoms with Crippen LogP contribution in [0.4, 0.5) is 23.0 Å². The van der Waals surface area contributed by atoms with E-state index in [2.05, 4.69) is 20.3 Å². The molecule has 3 aromatic heterocycles. The molecule has 0 aliphatic carbocycles. The van der Waals surface area contributed by atoms with Crippen molar-refractivity contribution in [3.05, 3.63) is 40.7 Å². The van der Waals surface area contributed by atoms with Gasteiger partial charge in [-0.2, -0.15) is 10.2 Å². The number of alkyl halides is 1. The van der Waals surface area contributed by atoms with Crippen molar-refractivity contribution in [2.45, 2.75) is 58.2 Å². The number of pyridine rings is 1. The summed E-state index contributed by atoms with van der Waals surface area (Å²) < 4.78 is 62.2. The fraction of sp³-hybridized carbons (Fsp3) is 0.414. The monoisotopic (exact) mass is 612 g/mol. The molecule has 0 spiro atoms. The molecule has 14 heteroatoms. The molecule has 1 N–H and O–H groups in total. The topological polar surface area (TPSA) is 122 Å². The van der Waals surface area contributed by atoms with Crippen molar-refractivity contribution in [2.75, 3.05) is 25.5 Å². The summed E-state index contributed by atoms with van der Waals surface area (Å²) in [6.07, 6.45) is 0.937. The van der Waals surface area contributed by atoms with Gasteiger partial charge in [-0.15, -0.1) is 11.3 Å². The number of anilines is 1. The van der Waals surface area contributed by atoms with E-state index in [1.165, 1.54) is 6.20 Å². The van der Waals surface area contributed by atoms with Crippen LogP contribution < -0.4 is 10.1 Å². The maximum absolute atomic E-state index is 16.5. The van der Waals surface area contributed by atoms with Crippen LogP contribution in [0.3, 0.4) is 0 Å². The number of fused-ring (bicyclic) bond motifs is 4. The van der Waals surface area contributed by atoms with E-state index < -0.39 is 29.5 Å². The van der Waals surface area contributed by atoms with Crippen molar-refractivity contribution in [2.24, 2.45) is 0 Å². The van der Waals surface area contributed by atoms with Crippen LogP contribution in [0, 0.1) is 23.0 Å². The number of thiophene rings is 1. The second-order valence-corrected chi connectivity index (χ2v) is 12.5. The standard InChI is InChI=1S/C29H27F3N6O4S/c1-29(2,3)42-28(39)37-26-15(6-33)21-24(34-8-19(31)25(21)43-26)20-18-12-40-11-17(18)16-7-35-27(36-23(16)22(20)32)41-10-14-5-13(30)9-38(14)4/h7-8,13-14H,5,9-12H2,1-4H3,(H,37,39)/t13-,14+/m1/s1. The third-order valence-electron chi connectivity index (χ3n) is 7.35. The van der Waals surface area contributed by atoms with Crippen molar-refractivity contribution in [3.63, 3.8) is 0 Å². The van der Waals surface area contributed by atoms with E-state index in [-0.39, 0.29) is 69.3 Å². The number of nitriles is 1. The van der Waals surface area contributed by atoms with Crippen LogP contribution in [0.2, 0.25) is 0 Å². The highest BCUT2D eigenvalue weighted by Gasteiger charge is 2.32. The lowest BCUT2D eigenvalue weighted by molar-refractivity contribution is 0.0636. The maximum atomic E-state index is 16.5. The maximum Gasteiger partial charge on any atom is 0.412 e. The third-order valence-corrected chi connectivity index (χ3v) is 8.47. The predicted octanol–water partition coefficient (Wildman–Crippen LogP) is 5.85. The van der Waals surface area contributed by atoms with Gasteiger partial charge in [0.1, 0.15) is 35.0 Å². The van der Waals surface area contributed by atoms with E-state index >= 15 is 8.78 Å². The average Bonchev–Trinajstić information content (AvgIpc) is 3.64. The number of nitrogens with one attached hydrogen (secondary N) is 1. The normalized spacial score (nSPS) is 18.7. The Morgan fingerprint density at radius 2 is 2.02 bits per heavy atom. The smallest absolute Gasteiger partial charge is 0.412 e. The summed E-state index contributed by atoms with van der Waals surface area (Å²) in [7, 11) is 1.80. The molecule has 2 aliphatic rings. The second kappa shape index (κ2) is 10.9. The lowest BCUT2D eigenvalue weighted by Crippen LogP contribution is -2.30. The minimum Gasteiger partial charge on any atom is -0.462 e. The molecule has 1 saturated heterocycles. The molecule has 0 unspecified atom stereocenters. The van der Waals surface area contributed by atoms with Gasteiger partial charge in [-0.3, -0.25) is 15.2 Å². The number of halogens is 3. The highest BCUT2D eigenvalue weighted by atomic mass is 32.1. The first-order valence-electron chi connectivity index (χ1n) is 13.5. The largest absolute Gasteiger partial charge is 0.462 e. The van der Waals surface area contributed by atoms with Gasteiger partial charge in [0, 0.05) is 35.1 Å². The Morgan fingerprint density at radius 1 is 1.26 bits per heavy atom. The van der Waals surface area contributed by atoms with E-state index in [1.54, 1.807) is 27.8 Å². The summed E-state index contributed by atoms with van der Waals surface area (Å²) in [5, 5.41) is 13.1. The summed E-state index contributed by atoms with van der Waals surface area (Å²) in [5.41, 5.74) is 0.155. The third kappa shape index (κ3) is 5.32. The number of hydrogen-bond donors (Lipinski definition) is 1. The Morgan fingerprint density at radius 3 is 2.72 bits per heavy atom. The lowest BCUT2D eigenvalue weighted by Gasteiger charge is -2.19. The summed E-state index contributed by atoms with van der Waals surface area (Å²) in [5.74, 6) is -1.51. The summed E-state index contributed by atoms with van der Waals surface area (Å²) in [6, 6.07) is 1.75. The van der Waals surface area contributed by atoms with Gasteiger partial charge in [0.05, 0.1) is 35.4 Å². The average molecular weight is 613 g/mol. The molecule has 6 rings (SSSR count). The molecule has 224 valence electrons. The van der Waals surface area contributed by atoms with Crippen molar-refractivity contribution in [1.29, 1.82) is 5.26 Å². The second-order valence-electron chi connectivity index (χ2n) is 11.5. The molecular formula is C29H27F3N6O4S. The fourth-order valence-electron chi connectivity index (χ4n) is 5.44. The van der Waals surface area contributed by atoms with Crippen LogP contribution in [0.15, 0.2) is 12.4 Å². The van der Waals surface area contributed by atoms with Gasteiger partial charge < -0.3 is 14.2 Å². The first-order valence-corrected chi connectivity index (χ1v) is 14.3. The van der Waals surface area contributed by atoms with Crippen LogP contribution in [-0.2, 0) is 22.7 Å². The summed E-state index contributed by atoms with van der Waals surface area (Å²) >= 11 is 0.823. The number of carbonyl (C=O) groups is 1. The van der Waals surface area contributed by atoms with E-state index in [9.17, 15) is 14.4 Å². The Balaban J connectivity index is 1.47. The van der Waals surface area contributed by atoms with E-state index in [1.807, 2.05) is 11.0 Å². The number of amides is 1. The number of benzene rings is 1. The number of aromatic nitrogens is 3. The minimum absolute atomic E-state index is 0.00330. The zero-order valence-corrected chi connectivity index (χ0v) is 24.6. The molecule has 0 bridgehead atoms. The Bertz CT molecular complexity index is 1820. The molecule has 1 aromatic carbocycles. The van der Waals surface area contributed by atoms with Gasteiger partial charge in [0.15, 0.2) is 11.6 Å². The van der Waals surface area contributed by atoms with Crippen LogP contribution in [0.25, 0.3) is 32.2 Å². The zero-order chi connectivity index (χ0) is 30.6. The fourth-order valence-corrected chi connectivity index (χ4v) is 6.48. The molecule has 2 aliphatic heterocycles. The van der Waals surface area contributed by atoms with Crippen molar-refractivity contribution in [3.8, 4) is 23.3 Å². The van der Waals surface area contributed by atoms with Crippen LogP contribution in [0.5, 0.6) is 6.01 Å². The highest BCUT2D eigenvalue weighted by Crippen LogP contribution is 2.45. The number of ether oxygens (including phenoxy) is 3. The SMILES string of the molecule is CN1C[C@H](F)C[C@H]1COc1ncc2c3c(c(-c4ncc(F)c5sc(NC(=O)OC(C)(C)C)c(C#N)c45)c(F)c2n1)COC3. The first kappa shape index (κ1) is 29.0. The van der Waals surface area contributed by atoms with Gasteiger partial charge >= 0.3 is 12.1 Å². The Kier molecular flexibility index (Phi) is 7.35.